The molecule has 1 N–H and O–H groups in total. The summed E-state index contributed by atoms with van der Waals surface area (Å²) in [5.41, 5.74) is 0. The molecule has 26 heavy (non-hydrogen) atoms. The van der Waals surface area contributed by atoms with E-state index in [0.29, 0.717) is 26.0 Å². The third-order valence-corrected chi connectivity index (χ3v) is 5.75. The third kappa shape index (κ3) is 7.14. The molecule has 150 valence electrons. The maximum atomic E-state index is 11.5. The van der Waals surface area contributed by atoms with E-state index < -0.39 is 0 Å². The Morgan fingerprint density at radius 1 is 1.19 bits per heavy atom. The van der Waals surface area contributed by atoms with E-state index in [-0.39, 0.29) is 24.7 Å². The summed E-state index contributed by atoms with van der Waals surface area (Å²) in [6.45, 7) is 1.10. The van der Waals surface area contributed by atoms with Crippen molar-refractivity contribution in [3.63, 3.8) is 0 Å². The molecule has 2 aliphatic carbocycles. The van der Waals surface area contributed by atoms with Crippen molar-refractivity contribution >= 4 is 12.1 Å². The standard InChI is InChI=1S/C14H25NO5.C6H10/c1-19-13(17)8-5-3-2-4-7-12-11-20-14(18)15(12)9-6-10-16;1-2-5-4-6(5)3-1/h12,16H,2-11H2,1H3;5-6H,1-4H2. The quantitative estimate of drug-likeness (QED) is 0.471. The Morgan fingerprint density at radius 3 is 2.50 bits per heavy atom. The molecule has 0 aromatic heterocycles. The van der Waals surface area contributed by atoms with Crippen molar-refractivity contribution in [2.24, 2.45) is 11.8 Å². The van der Waals surface area contributed by atoms with E-state index in [4.69, 9.17) is 9.84 Å². The van der Waals surface area contributed by atoms with Gasteiger partial charge in [0.25, 0.3) is 0 Å². The van der Waals surface area contributed by atoms with Gasteiger partial charge in [-0.15, -0.1) is 0 Å². The number of methoxy groups -OCH3 is 1. The van der Waals surface area contributed by atoms with Crippen LogP contribution in [0.25, 0.3) is 0 Å². The number of aliphatic hydroxyl groups excluding tert-OH is 1. The lowest BCUT2D eigenvalue weighted by atomic mass is 10.1. The van der Waals surface area contributed by atoms with Gasteiger partial charge in [0.05, 0.1) is 13.2 Å². The van der Waals surface area contributed by atoms with Crippen LogP contribution in [-0.4, -0.2) is 55.0 Å². The SMILES string of the molecule is C1CC2CC2C1.COC(=O)CCCCCCC1COC(=O)N1CCCO. The van der Waals surface area contributed by atoms with Gasteiger partial charge >= 0.3 is 12.1 Å². The van der Waals surface area contributed by atoms with Crippen molar-refractivity contribution in [3.8, 4) is 0 Å². The topological polar surface area (TPSA) is 76.1 Å². The number of amides is 1. The smallest absolute Gasteiger partial charge is 0.410 e. The Labute approximate surface area is 157 Å². The van der Waals surface area contributed by atoms with Crippen molar-refractivity contribution in [2.75, 3.05) is 26.9 Å². The molecule has 0 spiro atoms. The van der Waals surface area contributed by atoms with E-state index in [2.05, 4.69) is 4.74 Å². The second kappa shape index (κ2) is 11.4. The van der Waals surface area contributed by atoms with Crippen LogP contribution in [0.1, 0.15) is 70.6 Å². The summed E-state index contributed by atoms with van der Waals surface area (Å²) in [4.78, 5) is 24.1. The van der Waals surface area contributed by atoms with Gasteiger partial charge in [0.15, 0.2) is 0 Å². The first-order valence-corrected chi connectivity index (χ1v) is 10.3. The number of unbranched alkanes of at least 4 members (excludes halogenated alkanes) is 3. The number of carbonyl (C=O) groups excluding carboxylic acids is 2. The van der Waals surface area contributed by atoms with Gasteiger partial charge in [0, 0.05) is 19.6 Å². The molecular weight excluding hydrogens is 334 g/mol. The lowest BCUT2D eigenvalue weighted by molar-refractivity contribution is -0.140. The molecule has 3 fully saturated rings. The fourth-order valence-electron chi connectivity index (χ4n) is 4.01. The second-order valence-corrected chi connectivity index (χ2v) is 7.72. The summed E-state index contributed by atoms with van der Waals surface area (Å²) in [7, 11) is 1.40. The summed E-state index contributed by atoms with van der Waals surface area (Å²) >= 11 is 0. The predicted molar refractivity (Wildman–Crippen MR) is 98.7 cm³/mol. The Bertz CT molecular complexity index is 434. The van der Waals surface area contributed by atoms with Gasteiger partial charge in [-0.1, -0.05) is 38.5 Å². The summed E-state index contributed by atoms with van der Waals surface area (Å²) in [5, 5.41) is 8.82. The molecule has 0 radical (unpaired) electrons. The Balaban J connectivity index is 0.000000331. The normalized spacial score (nSPS) is 26.0. The van der Waals surface area contributed by atoms with Crippen molar-refractivity contribution < 1.29 is 24.2 Å². The molecule has 3 rings (SSSR count). The monoisotopic (exact) mass is 369 g/mol. The molecule has 1 aliphatic heterocycles. The molecule has 0 aromatic rings. The van der Waals surface area contributed by atoms with Crippen LogP contribution in [0.2, 0.25) is 0 Å². The minimum absolute atomic E-state index is 0.0873. The van der Waals surface area contributed by atoms with Gasteiger partial charge in [-0.3, -0.25) is 4.79 Å². The van der Waals surface area contributed by atoms with Crippen LogP contribution in [0.15, 0.2) is 0 Å². The zero-order valence-corrected chi connectivity index (χ0v) is 16.2. The zero-order chi connectivity index (χ0) is 18.8. The molecule has 2 saturated carbocycles. The molecule has 3 atom stereocenters. The number of nitrogens with zero attached hydrogens (tertiary/aromatic N) is 1. The average molecular weight is 370 g/mol. The van der Waals surface area contributed by atoms with Gasteiger partial charge in [0.1, 0.15) is 6.61 Å². The minimum Gasteiger partial charge on any atom is -0.469 e. The van der Waals surface area contributed by atoms with Gasteiger partial charge in [-0.05, 0) is 37.5 Å². The molecule has 6 nitrogen and oxygen atoms in total. The number of rotatable bonds is 10. The molecular formula is C20H35NO5. The van der Waals surface area contributed by atoms with Crippen LogP contribution in [-0.2, 0) is 14.3 Å². The van der Waals surface area contributed by atoms with E-state index in [0.717, 1.165) is 32.1 Å². The Kier molecular flexibility index (Phi) is 9.23. The van der Waals surface area contributed by atoms with Crippen LogP contribution in [0, 0.1) is 11.8 Å². The average Bonchev–Trinajstić information content (AvgIpc) is 3.09. The summed E-state index contributed by atoms with van der Waals surface area (Å²) in [5.74, 6) is 2.27. The number of esters is 1. The third-order valence-electron chi connectivity index (χ3n) is 5.75. The van der Waals surface area contributed by atoms with Crippen molar-refractivity contribution in [2.45, 2.75) is 76.7 Å². The van der Waals surface area contributed by atoms with Crippen LogP contribution < -0.4 is 0 Å². The fraction of sp³-hybridized carbons (Fsp3) is 0.900. The number of hydrogen-bond acceptors (Lipinski definition) is 5. The number of cyclic esters (lactones) is 1. The van der Waals surface area contributed by atoms with E-state index >= 15 is 0 Å². The molecule has 3 aliphatic rings. The number of aliphatic hydroxyl groups is 1. The largest absolute Gasteiger partial charge is 0.469 e. The highest BCUT2D eigenvalue weighted by molar-refractivity contribution is 5.70. The maximum absolute atomic E-state index is 11.5. The van der Waals surface area contributed by atoms with Crippen molar-refractivity contribution in [3.05, 3.63) is 0 Å². The molecule has 0 bridgehead atoms. The summed E-state index contributed by atoms with van der Waals surface area (Å²) in [6, 6.07) is 0.134. The van der Waals surface area contributed by atoms with Crippen LogP contribution >= 0.6 is 0 Å². The fourth-order valence-corrected chi connectivity index (χ4v) is 4.01. The van der Waals surface area contributed by atoms with Gasteiger partial charge < -0.3 is 19.5 Å². The molecule has 0 aromatic carbocycles. The Hall–Kier alpha value is -1.30. The molecule has 1 amide bonds. The Morgan fingerprint density at radius 2 is 1.92 bits per heavy atom. The van der Waals surface area contributed by atoms with Crippen molar-refractivity contribution in [1.82, 2.24) is 4.90 Å². The molecule has 3 unspecified atom stereocenters. The highest BCUT2D eigenvalue weighted by Crippen LogP contribution is 2.51. The second-order valence-electron chi connectivity index (χ2n) is 7.72. The first-order chi connectivity index (χ1) is 12.7. The van der Waals surface area contributed by atoms with Crippen molar-refractivity contribution in [1.29, 1.82) is 0 Å². The zero-order valence-electron chi connectivity index (χ0n) is 16.2. The van der Waals surface area contributed by atoms with Gasteiger partial charge in [-0.25, -0.2) is 4.79 Å². The first-order valence-electron chi connectivity index (χ1n) is 10.3. The predicted octanol–water partition coefficient (Wildman–Crippen LogP) is 3.51. The molecule has 6 heteroatoms. The van der Waals surface area contributed by atoms with E-state index in [1.807, 2.05) is 0 Å². The van der Waals surface area contributed by atoms with Crippen LogP contribution in [0.4, 0.5) is 4.79 Å². The summed E-state index contributed by atoms with van der Waals surface area (Å²) in [6.07, 6.45) is 11.8. The number of hydrogen-bond donors (Lipinski definition) is 1. The maximum Gasteiger partial charge on any atom is 0.410 e. The molecule has 1 saturated heterocycles. The molecule has 1 heterocycles. The highest BCUT2D eigenvalue weighted by atomic mass is 16.6. The number of fused-ring (bicyclic) bond motifs is 1. The minimum atomic E-state index is -0.269. The van der Waals surface area contributed by atoms with Gasteiger partial charge in [-0.2, -0.15) is 0 Å². The van der Waals surface area contributed by atoms with E-state index in [1.165, 1.54) is 25.4 Å². The summed E-state index contributed by atoms with van der Waals surface area (Å²) < 4.78 is 9.62. The highest BCUT2D eigenvalue weighted by Gasteiger charge is 2.40. The van der Waals surface area contributed by atoms with E-state index in [1.54, 1.807) is 24.2 Å². The van der Waals surface area contributed by atoms with Gasteiger partial charge in [0.2, 0.25) is 0 Å². The number of ether oxygens (including phenoxy) is 2. The van der Waals surface area contributed by atoms with Crippen LogP contribution in [0.3, 0.4) is 0 Å². The lowest BCUT2D eigenvalue weighted by Gasteiger charge is -2.20. The van der Waals surface area contributed by atoms with E-state index in [9.17, 15) is 9.59 Å². The number of carbonyl (C=O) groups is 2. The van der Waals surface area contributed by atoms with Crippen LogP contribution in [0.5, 0.6) is 0 Å². The lowest BCUT2D eigenvalue weighted by Crippen LogP contribution is -2.34. The first kappa shape index (κ1) is 21.0.